The zero-order valence-corrected chi connectivity index (χ0v) is 17.5. The third kappa shape index (κ3) is 4.20. The highest BCUT2D eigenvalue weighted by molar-refractivity contribution is 6.12. The Balaban J connectivity index is 2.02. The van der Waals surface area contributed by atoms with E-state index in [4.69, 9.17) is 4.42 Å². The molecule has 0 aliphatic heterocycles. The smallest absolute Gasteiger partial charge is 0.158 e. The molecule has 3 rings (SSSR count). The molecule has 0 radical (unpaired) electrons. The molecule has 5 nitrogen and oxygen atoms in total. The average Bonchev–Trinajstić information content (AvgIpc) is 3.02. The zero-order chi connectivity index (χ0) is 19.6. The predicted molar refractivity (Wildman–Crippen MR) is 117 cm³/mol. The summed E-state index contributed by atoms with van der Waals surface area (Å²) < 4.78 is 6.46. The summed E-state index contributed by atoms with van der Waals surface area (Å²) in [6, 6.07) is 12.9. The van der Waals surface area contributed by atoms with E-state index < -0.39 is 0 Å². The molecule has 0 spiro atoms. The van der Waals surface area contributed by atoms with Crippen LogP contribution in [0.2, 0.25) is 0 Å². The number of rotatable bonds is 8. The maximum Gasteiger partial charge on any atom is 0.158 e. The molecule has 1 aromatic heterocycles. The number of para-hydroxylation sites is 2. The molecule has 2 aromatic carbocycles. The minimum absolute atomic E-state index is 0.957. The van der Waals surface area contributed by atoms with E-state index in [-0.39, 0.29) is 0 Å². The van der Waals surface area contributed by atoms with E-state index in [0.717, 1.165) is 48.7 Å². The van der Waals surface area contributed by atoms with Crippen LogP contribution in [0.5, 0.6) is 0 Å². The Morgan fingerprint density at radius 1 is 0.593 bits per heavy atom. The van der Waals surface area contributed by atoms with Crippen LogP contribution in [0, 0.1) is 0 Å². The van der Waals surface area contributed by atoms with Crippen LogP contribution in [0.15, 0.2) is 40.8 Å². The summed E-state index contributed by atoms with van der Waals surface area (Å²) in [5.41, 5.74) is 4.24. The number of anilines is 2. The maximum atomic E-state index is 6.46. The van der Waals surface area contributed by atoms with Gasteiger partial charge in [0.05, 0.1) is 11.4 Å². The second-order valence-electron chi connectivity index (χ2n) is 7.86. The Morgan fingerprint density at radius 2 is 1.00 bits per heavy atom. The van der Waals surface area contributed by atoms with Crippen molar-refractivity contribution < 1.29 is 4.42 Å². The lowest BCUT2D eigenvalue weighted by molar-refractivity contribution is 0.416. The third-order valence-corrected chi connectivity index (χ3v) is 5.07. The Morgan fingerprint density at radius 3 is 1.37 bits per heavy atom. The van der Waals surface area contributed by atoms with Gasteiger partial charge in [-0.3, -0.25) is 0 Å². The molecular weight excluding hydrogens is 336 g/mol. The highest BCUT2D eigenvalue weighted by Crippen LogP contribution is 2.38. The van der Waals surface area contributed by atoms with Gasteiger partial charge in [0.15, 0.2) is 11.2 Å². The molecule has 146 valence electrons. The van der Waals surface area contributed by atoms with Crippen LogP contribution in [0.3, 0.4) is 0 Å². The first-order valence-corrected chi connectivity index (χ1v) is 9.54. The van der Waals surface area contributed by atoms with Crippen LogP contribution in [-0.2, 0) is 0 Å². The average molecular weight is 369 g/mol. The fraction of sp³-hybridized carbons (Fsp3) is 0.455. The summed E-state index contributed by atoms with van der Waals surface area (Å²) in [6.45, 7) is 3.93. The monoisotopic (exact) mass is 368 g/mol. The lowest BCUT2D eigenvalue weighted by Crippen LogP contribution is -2.28. The predicted octanol–water partition coefficient (Wildman–Crippen LogP) is 3.58. The largest absolute Gasteiger partial charge is 0.452 e. The number of nitrogens with zero attached hydrogens (tertiary/aromatic N) is 4. The van der Waals surface area contributed by atoms with E-state index in [0.29, 0.717) is 0 Å². The Hall–Kier alpha value is -2.24. The van der Waals surface area contributed by atoms with Crippen LogP contribution in [0.1, 0.15) is 0 Å². The third-order valence-electron chi connectivity index (χ3n) is 5.07. The van der Waals surface area contributed by atoms with Crippen LogP contribution >= 0.6 is 0 Å². The standard InChI is InChI=1S/C22H32N4O/c1-23(2)13-15-25(5)19-11-7-9-17-18-10-8-12-20(22(18)27-21(17)19)26(6)16-14-24(3)4/h7-12H,13-16H2,1-6H3. The molecule has 3 aromatic rings. The van der Waals surface area contributed by atoms with Gasteiger partial charge in [0.1, 0.15) is 0 Å². The van der Waals surface area contributed by atoms with E-state index in [9.17, 15) is 0 Å². The molecule has 0 atom stereocenters. The van der Waals surface area contributed by atoms with E-state index in [2.05, 4.69) is 98.3 Å². The van der Waals surface area contributed by atoms with E-state index >= 15 is 0 Å². The fourth-order valence-electron chi connectivity index (χ4n) is 3.33. The fourth-order valence-corrected chi connectivity index (χ4v) is 3.33. The van der Waals surface area contributed by atoms with Crippen molar-refractivity contribution in [1.29, 1.82) is 0 Å². The van der Waals surface area contributed by atoms with Gasteiger partial charge in [0.25, 0.3) is 0 Å². The van der Waals surface area contributed by atoms with Crippen molar-refractivity contribution in [2.24, 2.45) is 0 Å². The van der Waals surface area contributed by atoms with Crippen molar-refractivity contribution in [3.05, 3.63) is 36.4 Å². The van der Waals surface area contributed by atoms with Crippen molar-refractivity contribution in [3.8, 4) is 0 Å². The van der Waals surface area contributed by atoms with Gasteiger partial charge in [-0.25, -0.2) is 0 Å². The van der Waals surface area contributed by atoms with Gasteiger partial charge >= 0.3 is 0 Å². The highest BCUT2D eigenvalue weighted by Gasteiger charge is 2.17. The number of hydrogen-bond acceptors (Lipinski definition) is 5. The van der Waals surface area contributed by atoms with Gasteiger partial charge in [-0.2, -0.15) is 0 Å². The SMILES string of the molecule is CN(C)CCN(C)c1cccc2c1oc1c(N(C)CCN(C)C)cccc12. The van der Waals surface area contributed by atoms with Crippen molar-refractivity contribution in [1.82, 2.24) is 9.80 Å². The number of furan rings is 1. The molecule has 0 aliphatic carbocycles. The molecule has 0 N–H and O–H groups in total. The van der Waals surface area contributed by atoms with Gasteiger partial charge < -0.3 is 24.0 Å². The number of benzene rings is 2. The van der Waals surface area contributed by atoms with Crippen LogP contribution < -0.4 is 9.80 Å². The van der Waals surface area contributed by atoms with Crippen molar-refractivity contribution in [3.63, 3.8) is 0 Å². The van der Waals surface area contributed by atoms with Gasteiger partial charge in [-0.1, -0.05) is 24.3 Å². The second kappa shape index (κ2) is 8.19. The maximum absolute atomic E-state index is 6.46. The first-order chi connectivity index (χ1) is 12.9. The Kier molecular flexibility index (Phi) is 5.92. The molecular formula is C22H32N4O. The molecule has 0 fully saturated rings. The van der Waals surface area contributed by atoms with Crippen LogP contribution in [-0.4, -0.2) is 78.3 Å². The van der Waals surface area contributed by atoms with Gasteiger partial charge in [-0.05, 0) is 40.3 Å². The minimum Gasteiger partial charge on any atom is -0.452 e. The van der Waals surface area contributed by atoms with Crippen molar-refractivity contribution in [2.75, 3.05) is 78.3 Å². The number of hydrogen-bond donors (Lipinski definition) is 0. The lowest BCUT2D eigenvalue weighted by atomic mass is 10.1. The van der Waals surface area contributed by atoms with E-state index in [1.54, 1.807) is 0 Å². The van der Waals surface area contributed by atoms with E-state index in [1.165, 1.54) is 10.8 Å². The Bertz CT molecular complexity index is 828. The normalized spacial score (nSPS) is 11.9. The van der Waals surface area contributed by atoms with Gasteiger partial charge in [0, 0.05) is 51.0 Å². The highest BCUT2D eigenvalue weighted by atomic mass is 16.3. The van der Waals surface area contributed by atoms with Gasteiger partial charge in [0.2, 0.25) is 0 Å². The van der Waals surface area contributed by atoms with Crippen LogP contribution in [0.4, 0.5) is 11.4 Å². The molecule has 0 aliphatic rings. The number of likely N-dealkylation sites (N-methyl/N-ethyl adjacent to an activating group) is 4. The number of fused-ring (bicyclic) bond motifs is 3. The molecule has 0 saturated heterocycles. The first kappa shape index (κ1) is 19.5. The molecule has 0 unspecified atom stereocenters. The van der Waals surface area contributed by atoms with Gasteiger partial charge in [-0.15, -0.1) is 0 Å². The summed E-state index contributed by atoms with van der Waals surface area (Å²) >= 11 is 0. The topological polar surface area (TPSA) is 26.1 Å². The second-order valence-corrected chi connectivity index (χ2v) is 7.86. The van der Waals surface area contributed by atoms with Crippen molar-refractivity contribution in [2.45, 2.75) is 0 Å². The Labute approximate surface area is 162 Å². The minimum atomic E-state index is 0.957. The molecule has 5 heteroatoms. The molecule has 0 saturated carbocycles. The molecule has 0 amide bonds. The summed E-state index contributed by atoms with van der Waals surface area (Å²) in [4.78, 5) is 8.96. The quantitative estimate of drug-likeness (QED) is 0.605. The molecule has 27 heavy (non-hydrogen) atoms. The molecule has 1 heterocycles. The first-order valence-electron chi connectivity index (χ1n) is 9.54. The lowest BCUT2D eigenvalue weighted by Gasteiger charge is -2.22. The zero-order valence-electron chi connectivity index (χ0n) is 17.5. The van der Waals surface area contributed by atoms with Crippen molar-refractivity contribution >= 4 is 33.3 Å². The summed E-state index contributed by atoms with van der Waals surface area (Å²) in [7, 11) is 12.7. The van der Waals surface area contributed by atoms with E-state index in [1.807, 2.05) is 0 Å². The van der Waals surface area contributed by atoms with Crippen LogP contribution in [0.25, 0.3) is 21.9 Å². The summed E-state index contributed by atoms with van der Waals surface area (Å²) in [6.07, 6.45) is 0. The summed E-state index contributed by atoms with van der Waals surface area (Å²) in [5, 5.41) is 2.36. The summed E-state index contributed by atoms with van der Waals surface area (Å²) in [5.74, 6) is 0. The molecule has 0 bridgehead atoms.